The molecule has 0 atom stereocenters. The zero-order valence-corrected chi connectivity index (χ0v) is 11.1. The number of nitro benzene ring substituents is 1. The fourth-order valence-electron chi connectivity index (χ4n) is 1.43. The molecule has 0 N–H and O–H groups in total. The first-order chi connectivity index (χ1) is 9.10. The normalized spacial score (nSPS) is 9.89. The van der Waals surface area contributed by atoms with E-state index in [1.54, 1.807) is 30.3 Å². The van der Waals surface area contributed by atoms with Crippen LogP contribution in [0.3, 0.4) is 0 Å². The lowest BCUT2D eigenvalue weighted by molar-refractivity contribution is -0.384. The van der Waals surface area contributed by atoms with Crippen molar-refractivity contribution in [2.75, 3.05) is 0 Å². The van der Waals surface area contributed by atoms with Gasteiger partial charge in [0.2, 0.25) is 0 Å². The summed E-state index contributed by atoms with van der Waals surface area (Å²) in [5.74, 6) is 0. The Hall–Kier alpha value is -2.03. The molecule has 0 saturated carbocycles. The third kappa shape index (κ3) is 3.25. The number of nitro groups is 1. The minimum absolute atomic E-state index is 0.111. The van der Waals surface area contributed by atoms with E-state index >= 15 is 0 Å². The Bertz CT molecular complexity index is 665. The predicted molar refractivity (Wildman–Crippen MR) is 73.4 cm³/mol. The minimum atomic E-state index is -0.509. The van der Waals surface area contributed by atoms with Crippen LogP contribution in [0.5, 0.6) is 0 Å². The minimum Gasteiger partial charge on any atom is -0.258 e. The molecular formula is C13H7ClN2O2S. The van der Waals surface area contributed by atoms with Gasteiger partial charge in [0.05, 0.1) is 16.6 Å². The summed E-state index contributed by atoms with van der Waals surface area (Å²) in [7, 11) is 0. The molecule has 6 heteroatoms. The molecule has 0 aliphatic rings. The van der Waals surface area contributed by atoms with Crippen LogP contribution >= 0.6 is 23.4 Å². The topological polar surface area (TPSA) is 66.9 Å². The second kappa shape index (κ2) is 5.74. The van der Waals surface area contributed by atoms with Crippen LogP contribution in [-0.4, -0.2) is 4.92 Å². The smallest absolute Gasteiger partial charge is 0.258 e. The molecule has 2 rings (SSSR count). The van der Waals surface area contributed by atoms with Gasteiger partial charge in [-0.3, -0.25) is 10.1 Å². The first-order valence-electron chi connectivity index (χ1n) is 5.22. The highest BCUT2D eigenvalue weighted by atomic mass is 35.5. The van der Waals surface area contributed by atoms with Gasteiger partial charge < -0.3 is 0 Å². The van der Waals surface area contributed by atoms with Crippen LogP contribution in [0.4, 0.5) is 5.69 Å². The molecule has 0 radical (unpaired) electrons. The summed E-state index contributed by atoms with van der Waals surface area (Å²) < 4.78 is 0. The standard InChI is InChI=1S/C13H7ClN2O2S/c14-12-6-5-11(7-13(12)16(17)18)19-10-3-1-9(8-15)2-4-10/h1-7H. The van der Waals surface area contributed by atoms with Crippen molar-refractivity contribution in [1.82, 2.24) is 0 Å². The molecular weight excluding hydrogens is 284 g/mol. The van der Waals surface area contributed by atoms with Crippen molar-refractivity contribution in [3.63, 3.8) is 0 Å². The lowest BCUT2D eigenvalue weighted by Gasteiger charge is -2.02. The van der Waals surface area contributed by atoms with Crippen molar-refractivity contribution < 1.29 is 4.92 Å². The van der Waals surface area contributed by atoms with E-state index in [0.29, 0.717) is 5.56 Å². The highest BCUT2D eigenvalue weighted by molar-refractivity contribution is 7.99. The van der Waals surface area contributed by atoms with Gasteiger partial charge in [-0.2, -0.15) is 5.26 Å². The Balaban J connectivity index is 2.25. The molecule has 0 aliphatic carbocycles. The molecule has 0 amide bonds. The number of nitriles is 1. The maximum absolute atomic E-state index is 10.8. The molecule has 0 bridgehead atoms. The fraction of sp³-hybridized carbons (Fsp3) is 0. The van der Waals surface area contributed by atoms with Gasteiger partial charge in [0.1, 0.15) is 5.02 Å². The molecule has 94 valence electrons. The number of rotatable bonds is 3. The number of hydrogen-bond donors (Lipinski definition) is 0. The highest BCUT2D eigenvalue weighted by Gasteiger charge is 2.13. The molecule has 2 aromatic carbocycles. The van der Waals surface area contributed by atoms with E-state index in [1.807, 2.05) is 6.07 Å². The first-order valence-corrected chi connectivity index (χ1v) is 6.41. The molecule has 0 spiro atoms. The second-order valence-electron chi connectivity index (χ2n) is 3.61. The van der Waals surface area contributed by atoms with Crippen LogP contribution in [0, 0.1) is 21.4 Å². The van der Waals surface area contributed by atoms with Crippen LogP contribution in [0.2, 0.25) is 5.02 Å². The zero-order valence-electron chi connectivity index (χ0n) is 9.54. The molecule has 0 fully saturated rings. The summed E-state index contributed by atoms with van der Waals surface area (Å²) in [5.41, 5.74) is 0.465. The van der Waals surface area contributed by atoms with Gasteiger partial charge in [0, 0.05) is 15.9 Å². The molecule has 2 aromatic rings. The summed E-state index contributed by atoms with van der Waals surface area (Å²) in [6.07, 6.45) is 0. The lowest BCUT2D eigenvalue weighted by Crippen LogP contribution is -1.89. The SMILES string of the molecule is N#Cc1ccc(Sc2ccc(Cl)c([N+](=O)[O-])c2)cc1. The second-order valence-corrected chi connectivity index (χ2v) is 5.16. The molecule has 0 aliphatic heterocycles. The van der Waals surface area contributed by atoms with Gasteiger partial charge >= 0.3 is 0 Å². The van der Waals surface area contributed by atoms with Crippen LogP contribution in [0.25, 0.3) is 0 Å². The highest BCUT2D eigenvalue weighted by Crippen LogP contribution is 2.33. The Morgan fingerprint density at radius 2 is 1.79 bits per heavy atom. The Labute approximate surface area is 118 Å². The van der Waals surface area contributed by atoms with Crippen LogP contribution in [0.15, 0.2) is 52.3 Å². The largest absolute Gasteiger partial charge is 0.289 e. The van der Waals surface area contributed by atoms with Crippen molar-refractivity contribution in [3.8, 4) is 6.07 Å². The molecule has 0 heterocycles. The lowest BCUT2D eigenvalue weighted by atomic mass is 10.2. The van der Waals surface area contributed by atoms with Gasteiger partial charge in [-0.15, -0.1) is 0 Å². The number of nitrogens with zero attached hydrogens (tertiary/aromatic N) is 2. The van der Waals surface area contributed by atoms with Gasteiger partial charge in [0.25, 0.3) is 5.69 Å². The zero-order chi connectivity index (χ0) is 13.8. The van der Waals surface area contributed by atoms with Gasteiger partial charge in [0.15, 0.2) is 0 Å². The maximum atomic E-state index is 10.8. The summed E-state index contributed by atoms with van der Waals surface area (Å²) >= 11 is 7.12. The van der Waals surface area contributed by atoms with Crippen molar-refractivity contribution in [2.24, 2.45) is 0 Å². The number of benzene rings is 2. The van der Waals surface area contributed by atoms with Gasteiger partial charge in [-0.25, -0.2) is 0 Å². The average Bonchev–Trinajstić information content (AvgIpc) is 2.41. The first kappa shape index (κ1) is 13.4. The monoisotopic (exact) mass is 290 g/mol. The van der Waals surface area contributed by atoms with Crippen LogP contribution in [0.1, 0.15) is 5.56 Å². The van der Waals surface area contributed by atoms with E-state index in [2.05, 4.69) is 0 Å². The average molecular weight is 291 g/mol. The molecule has 0 aromatic heterocycles. The fourth-order valence-corrected chi connectivity index (χ4v) is 2.47. The Morgan fingerprint density at radius 3 is 2.37 bits per heavy atom. The maximum Gasteiger partial charge on any atom is 0.289 e. The van der Waals surface area contributed by atoms with E-state index in [9.17, 15) is 10.1 Å². The molecule has 19 heavy (non-hydrogen) atoms. The summed E-state index contributed by atoms with van der Waals surface area (Å²) in [4.78, 5) is 11.9. The van der Waals surface area contributed by atoms with Crippen molar-refractivity contribution in [1.29, 1.82) is 5.26 Å². The number of halogens is 1. The molecule has 4 nitrogen and oxygen atoms in total. The molecule has 0 saturated heterocycles. The van der Waals surface area contributed by atoms with E-state index in [-0.39, 0.29) is 10.7 Å². The van der Waals surface area contributed by atoms with Crippen molar-refractivity contribution in [3.05, 3.63) is 63.2 Å². The Kier molecular flexibility index (Phi) is 4.05. The van der Waals surface area contributed by atoms with Crippen LogP contribution < -0.4 is 0 Å². The summed E-state index contributed by atoms with van der Waals surface area (Å²) in [6, 6.07) is 13.7. The van der Waals surface area contributed by atoms with E-state index in [0.717, 1.165) is 9.79 Å². The third-order valence-electron chi connectivity index (χ3n) is 2.33. The third-order valence-corrected chi connectivity index (χ3v) is 3.65. The predicted octanol–water partition coefficient (Wildman–Crippen LogP) is 4.27. The number of hydrogen-bond acceptors (Lipinski definition) is 4. The quantitative estimate of drug-likeness (QED) is 0.625. The van der Waals surface area contributed by atoms with Crippen molar-refractivity contribution >= 4 is 29.1 Å². The van der Waals surface area contributed by atoms with E-state index < -0.39 is 4.92 Å². The summed E-state index contributed by atoms with van der Waals surface area (Å²) in [6.45, 7) is 0. The van der Waals surface area contributed by atoms with Gasteiger partial charge in [-0.1, -0.05) is 23.4 Å². The van der Waals surface area contributed by atoms with Crippen LogP contribution in [-0.2, 0) is 0 Å². The van der Waals surface area contributed by atoms with E-state index in [4.69, 9.17) is 16.9 Å². The van der Waals surface area contributed by atoms with E-state index in [1.165, 1.54) is 23.9 Å². The van der Waals surface area contributed by atoms with Gasteiger partial charge in [-0.05, 0) is 36.4 Å². The van der Waals surface area contributed by atoms with Crippen molar-refractivity contribution in [2.45, 2.75) is 9.79 Å². The summed E-state index contributed by atoms with van der Waals surface area (Å²) in [5, 5.41) is 19.6. The molecule has 0 unspecified atom stereocenters. The Morgan fingerprint density at radius 1 is 1.16 bits per heavy atom.